The van der Waals surface area contributed by atoms with Crippen LogP contribution in [0.15, 0.2) is 0 Å². The van der Waals surface area contributed by atoms with Gasteiger partial charge in [0.05, 0.1) is 0 Å². The van der Waals surface area contributed by atoms with Crippen LogP contribution in [0, 0.1) is 0 Å². The molecule has 0 rings (SSSR count). The van der Waals surface area contributed by atoms with Crippen LogP contribution in [0.3, 0.4) is 0 Å². The van der Waals surface area contributed by atoms with Crippen molar-refractivity contribution in [3.05, 3.63) is 5.53 Å². The van der Waals surface area contributed by atoms with Gasteiger partial charge in [-0.15, -0.1) is 0 Å². The van der Waals surface area contributed by atoms with Crippen LogP contribution in [0.4, 0.5) is 0 Å². The van der Waals surface area contributed by atoms with Gasteiger partial charge >= 0.3 is 0 Å². The van der Waals surface area contributed by atoms with E-state index >= 15 is 0 Å². The molecule has 0 aromatic rings. The van der Waals surface area contributed by atoms with E-state index in [1.165, 1.54) is 5.96 Å². The van der Waals surface area contributed by atoms with Crippen LogP contribution in [0.5, 0.6) is 0 Å². The zero-order valence-corrected chi connectivity index (χ0v) is 3.20. The lowest BCUT2D eigenvalue weighted by Gasteiger charge is -1.32. The van der Waals surface area contributed by atoms with Gasteiger partial charge in [-0.3, -0.25) is 0 Å². The quantitative estimate of drug-likeness (QED) is 0.169. The molecule has 1 atom stereocenters. The first-order valence-corrected chi connectivity index (χ1v) is 1.46. The molecule has 0 aliphatic rings. The van der Waals surface area contributed by atoms with Gasteiger partial charge < -0.3 is 5.53 Å². The SMILES string of the molecule is [N-]=[N+]=CP. The van der Waals surface area contributed by atoms with Crippen LogP contribution >= 0.6 is 9.24 Å². The maximum atomic E-state index is 7.42. The highest BCUT2D eigenvalue weighted by Crippen LogP contribution is 1.54. The molecule has 0 amide bonds. The van der Waals surface area contributed by atoms with Crippen LogP contribution < -0.4 is 0 Å². The van der Waals surface area contributed by atoms with E-state index < -0.39 is 0 Å². The summed E-state index contributed by atoms with van der Waals surface area (Å²) in [6, 6.07) is 0. The Hall–Kier alpha value is -0.190. The minimum atomic E-state index is 1.22. The molecule has 0 aliphatic carbocycles. The second-order valence-corrected chi connectivity index (χ2v) is 0.563. The monoisotopic (exact) mass is 74.0 g/mol. The van der Waals surface area contributed by atoms with E-state index in [1.807, 2.05) is 0 Å². The molecule has 0 saturated carbocycles. The van der Waals surface area contributed by atoms with Gasteiger partial charge in [-0.2, -0.15) is 4.79 Å². The summed E-state index contributed by atoms with van der Waals surface area (Å²) >= 11 is 0. The molecular formula is CH3N2P. The van der Waals surface area contributed by atoms with Crippen molar-refractivity contribution in [1.29, 1.82) is 0 Å². The first kappa shape index (κ1) is 3.81. The molecule has 1 unspecified atom stereocenters. The summed E-state index contributed by atoms with van der Waals surface area (Å²) in [7, 11) is 2.11. The fourth-order valence-electron chi connectivity index (χ4n) is 0. The molecule has 0 aromatic heterocycles. The lowest BCUT2D eigenvalue weighted by Crippen LogP contribution is -1.39. The molecule has 22 valence electrons. The van der Waals surface area contributed by atoms with Crippen molar-refractivity contribution >= 4 is 15.2 Å². The summed E-state index contributed by atoms with van der Waals surface area (Å²) in [5.41, 5.74) is 7.42. The third-order valence-corrected chi connectivity index (χ3v) is 0.200. The Balaban J connectivity index is 3.11. The van der Waals surface area contributed by atoms with E-state index in [0.717, 1.165) is 0 Å². The lowest BCUT2D eigenvalue weighted by atomic mass is 11.7. The normalized spacial score (nSPS) is 4.25. The Bertz CT molecular complexity index is 44.0. The minimum absolute atomic E-state index is 1.22. The van der Waals surface area contributed by atoms with Crippen molar-refractivity contribution in [2.24, 2.45) is 0 Å². The number of rotatable bonds is 0. The third kappa shape index (κ3) is 1.81. The van der Waals surface area contributed by atoms with Gasteiger partial charge in [0.15, 0.2) is 0 Å². The molecule has 0 aliphatic heterocycles. The minimum Gasteiger partial charge on any atom is -0.362 e. The molecular weight excluding hydrogens is 71.0 g/mol. The van der Waals surface area contributed by atoms with Crippen molar-refractivity contribution in [1.82, 2.24) is 0 Å². The van der Waals surface area contributed by atoms with Crippen LogP contribution in [0.2, 0.25) is 0 Å². The molecule has 2 nitrogen and oxygen atoms in total. The molecule has 3 heteroatoms. The van der Waals surface area contributed by atoms with Gasteiger partial charge in [-0.1, -0.05) is 0 Å². The van der Waals surface area contributed by atoms with Gasteiger partial charge in [-0.05, 0) is 9.24 Å². The zero-order chi connectivity index (χ0) is 3.41. The zero-order valence-electron chi connectivity index (χ0n) is 2.05. The molecule has 0 bridgehead atoms. The summed E-state index contributed by atoms with van der Waals surface area (Å²) < 4.78 is 0. The predicted octanol–water partition coefficient (Wildman–Crippen LogP) is 0.120. The number of nitrogens with zero attached hydrogens (tertiary/aromatic N) is 2. The van der Waals surface area contributed by atoms with Crippen molar-refractivity contribution in [2.45, 2.75) is 0 Å². The molecule has 0 N–H and O–H groups in total. The summed E-state index contributed by atoms with van der Waals surface area (Å²) in [4.78, 5) is 2.57. The molecule has 0 heterocycles. The van der Waals surface area contributed by atoms with Gasteiger partial charge in [0.2, 0.25) is 0 Å². The van der Waals surface area contributed by atoms with Gasteiger partial charge in [0.25, 0.3) is 5.96 Å². The van der Waals surface area contributed by atoms with Crippen molar-refractivity contribution in [3.63, 3.8) is 0 Å². The van der Waals surface area contributed by atoms with E-state index in [2.05, 4.69) is 14.0 Å². The van der Waals surface area contributed by atoms with E-state index in [9.17, 15) is 0 Å². The largest absolute Gasteiger partial charge is 0.362 e. The third-order valence-electron chi connectivity index (χ3n) is 0.0667. The van der Waals surface area contributed by atoms with Crippen molar-refractivity contribution in [2.75, 3.05) is 0 Å². The summed E-state index contributed by atoms with van der Waals surface area (Å²) in [5, 5.41) is 0. The maximum absolute atomic E-state index is 7.42. The smallest absolute Gasteiger partial charge is 0.270 e. The Labute approximate surface area is 26.7 Å². The Morgan fingerprint density at radius 3 is 2.25 bits per heavy atom. The molecule has 0 fully saturated rings. The molecule has 0 spiro atoms. The Morgan fingerprint density at radius 1 is 2.00 bits per heavy atom. The Kier molecular flexibility index (Phi) is 2.68. The maximum Gasteiger partial charge on any atom is 0.270 e. The molecule has 0 radical (unpaired) electrons. The fraction of sp³-hybridized carbons (Fsp3) is 0. The Morgan fingerprint density at radius 2 is 2.25 bits per heavy atom. The van der Waals surface area contributed by atoms with E-state index in [0.29, 0.717) is 0 Å². The number of hydrogen-bond acceptors (Lipinski definition) is 0. The number of hydrogen-bond donors (Lipinski definition) is 0. The van der Waals surface area contributed by atoms with E-state index in [1.54, 1.807) is 0 Å². The van der Waals surface area contributed by atoms with Gasteiger partial charge in [-0.25, -0.2) is 0 Å². The first-order chi connectivity index (χ1) is 1.91. The van der Waals surface area contributed by atoms with Crippen LogP contribution in [-0.4, -0.2) is 10.7 Å². The summed E-state index contributed by atoms with van der Waals surface area (Å²) in [6.45, 7) is 0. The van der Waals surface area contributed by atoms with Gasteiger partial charge in [0.1, 0.15) is 0 Å². The average molecular weight is 74.0 g/mol. The second-order valence-electron chi connectivity index (χ2n) is 0.265. The van der Waals surface area contributed by atoms with Crippen molar-refractivity contribution < 1.29 is 4.79 Å². The van der Waals surface area contributed by atoms with Crippen LogP contribution in [-0.2, 0) is 0 Å². The van der Waals surface area contributed by atoms with Crippen LogP contribution in [0.1, 0.15) is 0 Å². The van der Waals surface area contributed by atoms with E-state index in [-0.39, 0.29) is 0 Å². The fourth-order valence-corrected chi connectivity index (χ4v) is 0. The average Bonchev–Trinajstić information content (AvgIpc) is 1.37. The molecule has 4 heavy (non-hydrogen) atoms. The highest BCUT2D eigenvalue weighted by Gasteiger charge is 1.38. The van der Waals surface area contributed by atoms with Crippen molar-refractivity contribution in [3.8, 4) is 0 Å². The molecule has 0 saturated heterocycles. The predicted molar refractivity (Wildman–Crippen MR) is 19.4 cm³/mol. The standard InChI is InChI=1S/CH3N2P/c2-3-1-4/h1H,4H2. The summed E-state index contributed by atoms with van der Waals surface area (Å²) in [6.07, 6.45) is 0. The highest BCUT2D eigenvalue weighted by molar-refractivity contribution is 7.36. The summed E-state index contributed by atoms with van der Waals surface area (Å²) in [5.74, 6) is 1.22. The topological polar surface area (TPSA) is 36.4 Å². The van der Waals surface area contributed by atoms with E-state index in [4.69, 9.17) is 5.53 Å². The van der Waals surface area contributed by atoms with Crippen LogP contribution in [0.25, 0.3) is 5.53 Å². The highest BCUT2D eigenvalue weighted by atomic mass is 31.0. The molecule has 0 aromatic carbocycles. The second kappa shape index (κ2) is 2.81. The van der Waals surface area contributed by atoms with Gasteiger partial charge in [0, 0.05) is 0 Å². The lowest BCUT2D eigenvalue weighted by molar-refractivity contribution is 0.00827. The first-order valence-electron chi connectivity index (χ1n) is 0.792.